The number of amides is 1. The average molecular weight is 256 g/mol. The minimum atomic E-state index is 0.0200. The molecule has 2 heterocycles. The van der Waals surface area contributed by atoms with Gasteiger partial charge >= 0.3 is 0 Å². The molecule has 0 aromatic heterocycles. The van der Waals surface area contributed by atoms with Gasteiger partial charge in [-0.05, 0) is 24.8 Å². The van der Waals surface area contributed by atoms with E-state index < -0.39 is 0 Å². The standard InChI is InChI=1S/C13H24N2OS/c1-10-9-15(7-8-17-10)12(16)11-13(2,3)5-4-6-14-11/h10-11,14H,4-9H2,1-3H3. The predicted molar refractivity (Wildman–Crippen MR) is 73.3 cm³/mol. The van der Waals surface area contributed by atoms with Gasteiger partial charge in [-0.3, -0.25) is 4.79 Å². The van der Waals surface area contributed by atoms with Crippen LogP contribution in [0.25, 0.3) is 0 Å². The Labute approximate surface area is 109 Å². The molecule has 2 saturated heterocycles. The van der Waals surface area contributed by atoms with Gasteiger partial charge in [-0.25, -0.2) is 0 Å². The molecule has 4 heteroatoms. The summed E-state index contributed by atoms with van der Waals surface area (Å²) in [6, 6.07) is 0.0200. The van der Waals surface area contributed by atoms with Gasteiger partial charge < -0.3 is 10.2 Å². The molecule has 0 aromatic rings. The number of carbonyl (C=O) groups excluding carboxylic acids is 1. The van der Waals surface area contributed by atoms with E-state index in [0.29, 0.717) is 11.2 Å². The molecule has 0 saturated carbocycles. The zero-order valence-electron chi connectivity index (χ0n) is 11.2. The molecule has 0 spiro atoms. The lowest BCUT2D eigenvalue weighted by Gasteiger charge is -2.42. The van der Waals surface area contributed by atoms with Crippen LogP contribution in [-0.2, 0) is 4.79 Å². The summed E-state index contributed by atoms with van der Waals surface area (Å²) in [6.07, 6.45) is 2.33. The Bertz CT molecular complexity index is 293. The molecule has 17 heavy (non-hydrogen) atoms. The van der Waals surface area contributed by atoms with Gasteiger partial charge in [-0.15, -0.1) is 0 Å². The minimum absolute atomic E-state index is 0.0200. The lowest BCUT2D eigenvalue weighted by molar-refractivity contribution is -0.137. The van der Waals surface area contributed by atoms with Crippen molar-refractivity contribution in [2.45, 2.75) is 44.9 Å². The van der Waals surface area contributed by atoms with E-state index in [0.717, 1.165) is 31.8 Å². The van der Waals surface area contributed by atoms with Crippen LogP contribution in [0.4, 0.5) is 0 Å². The number of thioether (sulfide) groups is 1. The Morgan fingerprint density at radius 3 is 2.88 bits per heavy atom. The molecule has 1 N–H and O–H groups in total. The van der Waals surface area contributed by atoms with Gasteiger partial charge in [0.05, 0.1) is 6.04 Å². The maximum atomic E-state index is 12.6. The average Bonchev–Trinajstić information content (AvgIpc) is 2.27. The van der Waals surface area contributed by atoms with E-state index in [1.807, 2.05) is 11.8 Å². The van der Waals surface area contributed by atoms with E-state index in [4.69, 9.17) is 0 Å². The second-order valence-electron chi connectivity index (χ2n) is 5.94. The lowest BCUT2D eigenvalue weighted by Crippen LogP contribution is -2.58. The van der Waals surface area contributed by atoms with Crippen molar-refractivity contribution in [1.29, 1.82) is 0 Å². The van der Waals surface area contributed by atoms with Gasteiger partial charge in [-0.2, -0.15) is 11.8 Å². The Morgan fingerprint density at radius 2 is 2.24 bits per heavy atom. The third kappa shape index (κ3) is 2.97. The molecule has 2 unspecified atom stereocenters. The third-order valence-electron chi connectivity index (χ3n) is 3.93. The summed E-state index contributed by atoms with van der Waals surface area (Å²) in [5.74, 6) is 1.40. The molecule has 0 aromatic carbocycles. The second kappa shape index (κ2) is 5.19. The van der Waals surface area contributed by atoms with Crippen LogP contribution in [0.15, 0.2) is 0 Å². The highest BCUT2D eigenvalue weighted by atomic mass is 32.2. The van der Waals surface area contributed by atoms with Gasteiger partial charge in [-0.1, -0.05) is 20.8 Å². The Morgan fingerprint density at radius 1 is 1.47 bits per heavy atom. The van der Waals surface area contributed by atoms with Gasteiger partial charge in [0.1, 0.15) is 0 Å². The quantitative estimate of drug-likeness (QED) is 0.775. The van der Waals surface area contributed by atoms with Crippen molar-refractivity contribution >= 4 is 17.7 Å². The summed E-state index contributed by atoms with van der Waals surface area (Å²) in [5, 5.41) is 4.01. The number of hydrogen-bond donors (Lipinski definition) is 1. The van der Waals surface area contributed by atoms with Crippen LogP contribution in [-0.4, -0.2) is 47.5 Å². The van der Waals surface area contributed by atoms with Crippen LogP contribution < -0.4 is 5.32 Å². The highest BCUT2D eigenvalue weighted by Crippen LogP contribution is 2.32. The first-order valence-electron chi connectivity index (χ1n) is 6.64. The van der Waals surface area contributed by atoms with Crippen LogP contribution >= 0.6 is 11.8 Å². The maximum Gasteiger partial charge on any atom is 0.240 e. The highest BCUT2D eigenvalue weighted by Gasteiger charge is 2.39. The summed E-state index contributed by atoms with van der Waals surface area (Å²) in [7, 11) is 0. The Hall–Kier alpha value is -0.220. The van der Waals surface area contributed by atoms with Gasteiger partial charge in [0.2, 0.25) is 5.91 Å². The summed E-state index contributed by atoms with van der Waals surface area (Å²) < 4.78 is 0. The third-order valence-corrected chi connectivity index (χ3v) is 5.06. The SMILES string of the molecule is CC1CN(C(=O)C2NCCCC2(C)C)CCS1. The molecule has 0 radical (unpaired) electrons. The smallest absolute Gasteiger partial charge is 0.240 e. The van der Waals surface area contributed by atoms with E-state index in [1.165, 1.54) is 6.42 Å². The van der Waals surface area contributed by atoms with Crippen molar-refractivity contribution < 1.29 is 4.79 Å². The molecular weight excluding hydrogens is 232 g/mol. The first-order chi connectivity index (χ1) is 8.00. The van der Waals surface area contributed by atoms with E-state index in [1.54, 1.807) is 0 Å². The molecule has 3 nitrogen and oxygen atoms in total. The van der Waals surface area contributed by atoms with E-state index in [-0.39, 0.29) is 11.5 Å². The topological polar surface area (TPSA) is 32.3 Å². The molecule has 98 valence electrons. The Kier molecular flexibility index (Phi) is 4.03. The van der Waals surface area contributed by atoms with Crippen molar-refractivity contribution in [3.8, 4) is 0 Å². The Balaban J connectivity index is 2.02. The summed E-state index contributed by atoms with van der Waals surface area (Å²) in [5.41, 5.74) is 0.100. The number of rotatable bonds is 1. The summed E-state index contributed by atoms with van der Waals surface area (Å²) >= 11 is 1.97. The molecular formula is C13H24N2OS. The highest BCUT2D eigenvalue weighted by molar-refractivity contribution is 7.99. The van der Waals surface area contributed by atoms with Crippen LogP contribution in [0.2, 0.25) is 0 Å². The second-order valence-corrected chi connectivity index (χ2v) is 7.49. The maximum absolute atomic E-state index is 12.6. The summed E-state index contributed by atoms with van der Waals surface area (Å²) in [6.45, 7) is 9.45. The van der Waals surface area contributed by atoms with Crippen LogP contribution in [0.1, 0.15) is 33.6 Å². The van der Waals surface area contributed by atoms with Crippen LogP contribution in [0.3, 0.4) is 0 Å². The lowest BCUT2D eigenvalue weighted by atomic mass is 9.77. The number of nitrogens with zero attached hydrogens (tertiary/aromatic N) is 1. The van der Waals surface area contributed by atoms with Crippen molar-refractivity contribution in [3.63, 3.8) is 0 Å². The predicted octanol–water partition coefficient (Wildman–Crippen LogP) is 1.73. The molecule has 2 rings (SSSR count). The van der Waals surface area contributed by atoms with E-state index in [2.05, 4.69) is 31.0 Å². The number of hydrogen-bond acceptors (Lipinski definition) is 3. The van der Waals surface area contributed by atoms with Crippen molar-refractivity contribution in [2.75, 3.05) is 25.4 Å². The fourth-order valence-corrected chi connectivity index (χ4v) is 3.85. The number of nitrogens with one attached hydrogen (secondary N) is 1. The first-order valence-corrected chi connectivity index (χ1v) is 7.69. The molecule has 0 bridgehead atoms. The molecule has 2 aliphatic heterocycles. The van der Waals surface area contributed by atoms with Crippen molar-refractivity contribution in [2.24, 2.45) is 5.41 Å². The normalized spacial score (nSPS) is 33.5. The van der Waals surface area contributed by atoms with Gasteiger partial charge in [0.15, 0.2) is 0 Å². The molecule has 2 aliphatic rings. The van der Waals surface area contributed by atoms with E-state index >= 15 is 0 Å². The fraction of sp³-hybridized carbons (Fsp3) is 0.923. The van der Waals surface area contributed by atoms with E-state index in [9.17, 15) is 4.79 Å². The van der Waals surface area contributed by atoms with Crippen LogP contribution in [0.5, 0.6) is 0 Å². The fourth-order valence-electron chi connectivity index (χ4n) is 2.83. The number of carbonyl (C=O) groups is 1. The number of piperidine rings is 1. The molecule has 0 aliphatic carbocycles. The first kappa shape index (κ1) is 13.2. The zero-order valence-corrected chi connectivity index (χ0v) is 12.0. The monoisotopic (exact) mass is 256 g/mol. The summed E-state index contributed by atoms with van der Waals surface area (Å²) in [4.78, 5) is 14.6. The van der Waals surface area contributed by atoms with Crippen LogP contribution in [0, 0.1) is 5.41 Å². The zero-order chi connectivity index (χ0) is 12.5. The van der Waals surface area contributed by atoms with Crippen molar-refractivity contribution in [3.05, 3.63) is 0 Å². The van der Waals surface area contributed by atoms with Gasteiger partial charge in [0.25, 0.3) is 0 Å². The minimum Gasteiger partial charge on any atom is -0.339 e. The van der Waals surface area contributed by atoms with Crippen molar-refractivity contribution in [1.82, 2.24) is 10.2 Å². The molecule has 1 amide bonds. The molecule has 2 atom stereocenters. The molecule has 2 fully saturated rings. The largest absolute Gasteiger partial charge is 0.339 e. The van der Waals surface area contributed by atoms with Gasteiger partial charge in [0, 0.05) is 24.1 Å².